The van der Waals surface area contributed by atoms with Crippen LogP contribution in [-0.4, -0.2) is 12.5 Å². The minimum absolute atomic E-state index is 0.239. The van der Waals surface area contributed by atoms with Gasteiger partial charge in [0.1, 0.15) is 5.75 Å². The van der Waals surface area contributed by atoms with Gasteiger partial charge in [-0.15, -0.1) is 0 Å². The van der Waals surface area contributed by atoms with Crippen LogP contribution in [0.25, 0.3) is 0 Å². The van der Waals surface area contributed by atoms with Crippen LogP contribution in [0.2, 0.25) is 5.02 Å². The number of hydrogen-bond acceptors (Lipinski definition) is 2. The summed E-state index contributed by atoms with van der Waals surface area (Å²) in [6.07, 6.45) is 0. The Labute approximate surface area is 117 Å². The van der Waals surface area contributed by atoms with Gasteiger partial charge in [-0.05, 0) is 37.3 Å². The highest BCUT2D eigenvalue weighted by molar-refractivity contribution is 6.31. The molecule has 0 saturated heterocycles. The zero-order valence-electron chi connectivity index (χ0n) is 10.5. The molecule has 0 saturated carbocycles. The summed E-state index contributed by atoms with van der Waals surface area (Å²) in [5.74, 6) is 0.289. The van der Waals surface area contributed by atoms with Gasteiger partial charge < -0.3 is 10.1 Å². The average Bonchev–Trinajstić information content (AvgIpc) is 2.42. The maximum absolute atomic E-state index is 12.2. The summed E-state index contributed by atoms with van der Waals surface area (Å²) in [7, 11) is 0. The predicted octanol–water partition coefficient (Wildman–Crippen LogP) is 3.99. The van der Waals surface area contributed by atoms with Crippen molar-refractivity contribution >= 4 is 23.2 Å². The fourth-order valence-electron chi connectivity index (χ4n) is 1.68. The number of amides is 1. The molecule has 98 valence electrons. The van der Waals surface area contributed by atoms with Crippen LogP contribution in [0, 0.1) is 0 Å². The Morgan fingerprint density at radius 2 is 1.95 bits per heavy atom. The number of ether oxygens (including phenoxy) is 1. The van der Waals surface area contributed by atoms with Crippen LogP contribution in [0.15, 0.2) is 48.5 Å². The second-order valence-electron chi connectivity index (χ2n) is 3.89. The van der Waals surface area contributed by atoms with Crippen LogP contribution in [0.3, 0.4) is 0 Å². The number of halogens is 1. The summed E-state index contributed by atoms with van der Waals surface area (Å²) < 4.78 is 5.43. The molecule has 0 bridgehead atoms. The zero-order valence-corrected chi connectivity index (χ0v) is 11.3. The van der Waals surface area contributed by atoms with Crippen LogP contribution >= 0.6 is 11.6 Å². The molecule has 0 aliphatic heterocycles. The first-order valence-corrected chi connectivity index (χ1v) is 6.37. The van der Waals surface area contributed by atoms with Crippen molar-refractivity contribution < 1.29 is 9.53 Å². The van der Waals surface area contributed by atoms with E-state index in [1.807, 2.05) is 37.3 Å². The SMILES string of the molecule is CCOc1ccc(Cl)cc1C(=O)Nc1ccccc1. The summed E-state index contributed by atoms with van der Waals surface area (Å²) in [6, 6.07) is 14.3. The Bertz CT molecular complexity index is 570. The second-order valence-corrected chi connectivity index (χ2v) is 4.33. The Morgan fingerprint density at radius 3 is 2.63 bits per heavy atom. The molecule has 0 aliphatic rings. The van der Waals surface area contributed by atoms with Crippen molar-refractivity contribution in [1.29, 1.82) is 0 Å². The van der Waals surface area contributed by atoms with Crippen molar-refractivity contribution in [2.75, 3.05) is 11.9 Å². The molecular formula is C15H14ClNO2. The highest BCUT2D eigenvalue weighted by Crippen LogP contribution is 2.24. The first-order chi connectivity index (χ1) is 9.20. The molecule has 4 heteroatoms. The van der Waals surface area contributed by atoms with E-state index in [0.717, 1.165) is 5.69 Å². The summed E-state index contributed by atoms with van der Waals surface area (Å²) in [5, 5.41) is 3.31. The molecule has 3 nitrogen and oxygen atoms in total. The first kappa shape index (κ1) is 13.4. The molecule has 2 rings (SSSR count). The number of hydrogen-bond donors (Lipinski definition) is 1. The van der Waals surface area contributed by atoms with Gasteiger partial charge in [0.05, 0.1) is 12.2 Å². The molecule has 2 aromatic carbocycles. The van der Waals surface area contributed by atoms with E-state index in [1.165, 1.54) is 0 Å². The molecule has 0 heterocycles. The average molecular weight is 276 g/mol. The Morgan fingerprint density at radius 1 is 1.21 bits per heavy atom. The first-order valence-electron chi connectivity index (χ1n) is 5.99. The lowest BCUT2D eigenvalue weighted by molar-refractivity contribution is 0.102. The maximum atomic E-state index is 12.2. The standard InChI is InChI=1S/C15H14ClNO2/c1-2-19-14-9-8-11(16)10-13(14)15(18)17-12-6-4-3-5-7-12/h3-10H,2H2,1H3,(H,17,18). The second kappa shape index (κ2) is 6.25. The fourth-order valence-corrected chi connectivity index (χ4v) is 1.85. The largest absolute Gasteiger partial charge is 0.493 e. The summed E-state index contributed by atoms with van der Waals surface area (Å²) >= 11 is 5.93. The van der Waals surface area contributed by atoms with Gasteiger partial charge in [-0.25, -0.2) is 0 Å². The zero-order chi connectivity index (χ0) is 13.7. The molecule has 0 atom stereocenters. The predicted molar refractivity (Wildman–Crippen MR) is 77.0 cm³/mol. The van der Waals surface area contributed by atoms with Crippen molar-refractivity contribution in [3.63, 3.8) is 0 Å². The number of para-hydroxylation sites is 1. The van der Waals surface area contributed by atoms with E-state index in [4.69, 9.17) is 16.3 Å². The smallest absolute Gasteiger partial charge is 0.259 e. The van der Waals surface area contributed by atoms with Crippen molar-refractivity contribution in [1.82, 2.24) is 0 Å². The third-order valence-electron chi connectivity index (χ3n) is 2.52. The lowest BCUT2D eigenvalue weighted by Crippen LogP contribution is -2.13. The maximum Gasteiger partial charge on any atom is 0.259 e. The quantitative estimate of drug-likeness (QED) is 0.916. The Hall–Kier alpha value is -2.00. The van der Waals surface area contributed by atoms with E-state index in [1.54, 1.807) is 18.2 Å². The Kier molecular flexibility index (Phi) is 4.42. The van der Waals surface area contributed by atoms with E-state index in [-0.39, 0.29) is 5.91 Å². The third-order valence-corrected chi connectivity index (χ3v) is 2.75. The lowest BCUT2D eigenvalue weighted by Gasteiger charge is -2.11. The van der Waals surface area contributed by atoms with Gasteiger partial charge >= 0.3 is 0 Å². The van der Waals surface area contributed by atoms with E-state index in [2.05, 4.69) is 5.32 Å². The van der Waals surface area contributed by atoms with Gasteiger partial charge in [0.25, 0.3) is 5.91 Å². The number of carbonyl (C=O) groups is 1. The van der Waals surface area contributed by atoms with Crippen molar-refractivity contribution in [2.24, 2.45) is 0 Å². The van der Waals surface area contributed by atoms with E-state index in [9.17, 15) is 4.79 Å². The van der Waals surface area contributed by atoms with Gasteiger partial charge in [-0.2, -0.15) is 0 Å². The van der Waals surface area contributed by atoms with Crippen LogP contribution in [0.4, 0.5) is 5.69 Å². The van der Waals surface area contributed by atoms with Gasteiger partial charge in [-0.1, -0.05) is 29.8 Å². The summed E-state index contributed by atoms with van der Waals surface area (Å²) in [4.78, 5) is 12.2. The van der Waals surface area contributed by atoms with E-state index < -0.39 is 0 Å². The molecule has 0 radical (unpaired) electrons. The molecule has 0 unspecified atom stereocenters. The minimum atomic E-state index is -0.239. The van der Waals surface area contributed by atoms with Crippen LogP contribution in [0.5, 0.6) is 5.75 Å². The number of carbonyl (C=O) groups excluding carboxylic acids is 1. The van der Waals surface area contributed by atoms with Crippen molar-refractivity contribution in [3.05, 3.63) is 59.1 Å². The molecule has 0 aliphatic carbocycles. The lowest BCUT2D eigenvalue weighted by atomic mass is 10.2. The molecule has 1 amide bonds. The molecule has 19 heavy (non-hydrogen) atoms. The highest BCUT2D eigenvalue weighted by Gasteiger charge is 2.13. The van der Waals surface area contributed by atoms with Crippen LogP contribution in [0.1, 0.15) is 17.3 Å². The molecule has 0 aromatic heterocycles. The molecule has 1 N–H and O–H groups in total. The van der Waals surface area contributed by atoms with E-state index in [0.29, 0.717) is 22.9 Å². The van der Waals surface area contributed by atoms with Gasteiger partial charge in [0.2, 0.25) is 0 Å². The highest BCUT2D eigenvalue weighted by atomic mass is 35.5. The normalized spacial score (nSPS) is 10.0. The van der Waals surface area contributed by atoms with Crippen molar-refractivity contribution in [2.45, 2.75) is 6.92 Å². The van der Waals surface area contributed by atoms with Crippen LogP contribution in [-0.2, 0) is 0 Å². The fraction of sp³-hybridized carbons (Fsp3) is 0.133. The van der Waals surface area contributed by atoms with Gasteiger partial charge in [-0.3, -0.25) is 4.79 Å². The van der Waals surface area contributed by atoms with E-state index >= 15 is 0 Å². The monoisotopic (exact) mass is 275 g/mol. The van der Waals surface area contributed by atoms with Crippen LogP contribution < -0.4 is 10.1 Å². The summed E-state index contributed by atoms with van der Waals surface area (Å²) in [5.41, 5.74) is 1.16. The van der Waals surface area contributed by atoms with Gasteiger partial charge in [0, 0.05) is 10.7 Å². The number of benzene rings is 2. The van der Waals surface area contributed by atoms with Crippen molar-refractivity contribution in [3.8, 4) is 5.75 Å². The number of rotatable bonds is 4. The number of nitrogens with one attached hydrogen (secondary N) is 1. The third kappa shape index (κ3) is 3.48. The number of anilines is 1. The van der Waals surface area contributed by atoms with Gasteiger partial charge in [0.15, 0.2) is 0 Å². The topological polar surface area (TPSA) is 38.3 Å². The molecule has 2 aromatic rings. The summed E-state index contributed by atoms with van der Waals surface area (Å²) in [6.45, 7) is 2.36. The molecule has 0 spiro atoms. The molecule has 0 fully saturated rings. The Balaban J connectivity index is 2.25. The molecular weight excluding hydrogens is 262 g/mol. The minimum Gasteiger partial charge on any atom is -0.493 e.